The Labute approximate surface area is 159 Å². The molecule has 11 heteroatoms. The third kappa shape index (κ3) is 11.1. The number of carbonyl (C=O) groups excluding carboxylic acids is 1. The van der Waals surface area contributed by atoms with E-state index in [9.17, 15) is 35.9 Å². The molecule has 156 valence electrons. The summed E-state index contributed by atoms with van der Waals surface area (Å²) in [5.74, 6) is -1.81. The van der Waals surface area contributed by atoms with Crippen LogP contribution in [0.25, 0.3) is 6.08 Å². The van der Waals surface area contributed by atoms with Crippen molar-refractivity contribution in [1.29, 1.82) is 0 Å². The van der Waals surface area contributed by atoms with Gasteiger partial charge in [-0.2, -0.15) is 0 Å². The van der Waals surface area contributed by atoms with E-state index in [0.29, 0.717) is 17.4 Å². The summed E-state index contributed by atoms with van der Waals surface area (Å²) >= 11 is 0. The SMILES string of the molecule is O=C(O)C=Cc1ccc(OC(F)(F)F)cc1.O=Cc1ccc(OC(F)(F)F)cc1. The number of carbonyl (C=O) groups is 2. The quantitative estimate of drug-likeness (QED) is 0.413. The fourth-order valence-electron chi connectivity index (χ4n) is 1.70. The van der Waals surface area contributed by atoms with Gasteiger partial charge in [0.05, 0.1) is 0 Å². The molecule has 0 aliphatic carbocycles. The van der Waals surface area contributed by atoms with E-state index < -0.39 is 18.7 Å². The van der Waals surface area contributed by atoms with Crippen LogP contribution in [0, 0.1) is 0 Å². The van der Waals surface area contributed by atoms with E-state index in [4.69, 9.17) is 5.11 Å². The van der Waals surface area contributed by atoms with Crippen LogP contribution in [0.5, 0.6) is 11.5 Å². The largest absolute Gasteiger partial charge is 0.573 e. The number of aldehydes is 1. The Morgan fingerprint density at radius 2 is 1.14 bits per heavy atom. The van der Waals surface area contributed by atoms with Crippen LogP contribution in [0.3, 0.4) is 0 Å². The molecular weight excluding hydrogens is 410 g/mol. The highest BCUT2D eigenvalue weighted by molar-refractivity contribution is 5.85. The molecule has 0 saturated carbocycles. The molecule has 0 aliphatic heterocycles. The Hall–Kier alpha value is -3.50. The summed E-state index contributed by atoms with van der Waals surface area (Å²) in [6.45, 7) is 0. The summed E-state index contributed by atoms with van der Waals surface area (Å²) in [5, 5.41) is 8.32. The summed E-state index contributed by atoms with van der Waals surface area (Å²) in [6, 6.07) is 9.50. The monoisotopic (exact) mass is 422 g/mol. The van der Waals surface area contributed by atoms with E-state index >= 15 is 0 Å². The fraction of sp³-hybridized carbons (Fsp3) is 0.111. The summed E-state index contributed by atoms with van der Waals surface area (Å²) in [5.41, 5.74) is 0.770. The summed E-state index contributed by atoms with van der Waals surface area (Å²) < 4.78 is 77.5. The molecule has 1 N–H and O–H groups in total. The van der Waals surface area contributed by atoms with Crippen molar-refractivity contribution in [3.05, 3.63) is 65.7 Å². The van der Waals surface area contributed by atoms with Crippen LogP contribution in [0.15, 0.2) is 54.6 Å². The van der Waals surface area contributed by atoms with Gasteiger partial charge in [0.2, 0.25) is 0 Å². The lowest BCUT2D eigenvalue weighted by Gasteiger charge is -2.08. The number of halogens is 6. The average molecular weight is 422 g/mol. The van der Waals surface area contributed by atoms with Crippen LogP contribution < -0.4 is 9.47 Å². The molecule has 0 heterocycles. The Morgan fingerprint density at radius 1 is 0.759 bits per heavy atom. The maximum Gasteiger partial charge on any atom is 0.573 e. The van der Waals surface area contributed by atoms with Gasteiger partial charge >= 0.3 is 18.7 Å². The Balaban J connectivity index is 0.000000296. The molecule has 2 aromatic carbocycles. The topological polar surface area (TPSA) is 72.8 Å². The first-order chi connectivity index (χ1) is 13.4. The second-order valence-electron chi connectivity index (χ2n) is 5.02. The zero-order valence-corrected chi connectivity index (χ0v) is 14.2. The number of alkyl halides is 6. The number of hydrogen-bond acceptors (Lipinski definition) is 4. The zero-order valence-electron chi connectivity index (χ0n) is 14.2. The fourth-order valence-corrected chi connectivity index (χ4v) is 1.70. The smallest absolute Gasteiger partial charge is 0.478 e. The van der Waals surface area contributed by atoms with E-state index in [-0.39, 0.29) is 11.5 Å². The third-order valence-corrected chi connectivity index (χ3v) is 2.78. The lowest BCUT2D eigenvalue weighted by Crippen LogP contribution is -2.17. The van der Waals surface area contributed by atoms with Gasteiger partial charge in [0.25, 0.3) is 0 Å². The molecule has 0 radical (unpaired) electrons. The number of hydrogen-bond donors (Lipinski definition) is 1. The van der Waals surface area contributed by atoms with Crippen molar-refractivity contribution in [3.63, 3.8) is 0 Å². The highest BCUT2D eigenvalue weighted by Crippen LogP contribution is 2.23. The average Bonchev–Trinajstić information content (AvgIpc) is 2.60. The molecule has 0 bridgehead atoms. The van der Waals surface area contributed by atoms with Gasteiger partial charge in [0.1, 0.15) is 17.8 Å². The number of ether oxygens (including phenoxy) is 2. The number of aliphatic carboxylic acids is 1. The first kappa shape index (κ1) is 23.5. The summed E-state index contributed by atoms with van der Waals surface area (Å²) in [4.78, 5) is 20.3. The van der Waals surface area contributed by atoms with Crippen LogP contribution >= 0.6 is 0 Å². The molecule has 0 aromatic heterocycles. The highest BCUT2D eigenvalue weighted by atomic mass is 19.4. The van der Waals surface area contributed by atoms with Crippen LogP contribution in [0.1, 0.15) is 15.9 Å². The summed E-state index contributed by atoms with van der Waals surface area (Å²) in [6.07, 6.45) is -6.72. The van der Waals surface area contributed by atoms with Crippen molar-refractivity contribution in [1.82, 2.24) is 0 Å². The van der Waals surface area contributed by atoms with Crippen LogP contribution in [-0.4, -0.2) is 30.1 Å². The predicted octanol–water partition coefficient (Wildman–Crippen LogP) is 5.08. The van der Waals surface area contributed by atoms with Crippen molar-refractivity contribution >= 4 is 18.3 Å². The predicted molar refractivity (Wildman–Crippen MR) is 88.3 cm³/mol. The zero-order chi connectivity index (χ0) is 22.1. The molecule has 2 aromatic rings. The second kappa shape index (κ2) is 10.2. The first-order valence-corrected chi connectivity index (χ1v) is 7.46. The second-order valence-corrected chi connectivity index (χ2v) is 5.02. The van der Waals surface area contributed by atoms with Crippen molar-refractivity contribution < 1.29 is 50.5 Å². The molecule has 5 nitrogen and oxygen atoms in total. The molecule has 0 amide bonds. The van der Waals surface area contributed by atoms with Crippen molar-refractivity contribution in [2.75, 3.05) is 0 Å². The van der Waals surface area contributed by atoms with Gasteiger partial charge in [-0.15, -0.1) is 26.3 Å². The van der Waals surface area contributed by atoms with Crippen molar-refractivity contribution in [3.8, 4) is 11.5 Å². The summed E-state index contributed by atoms with van der Waals surface area (Å²) in [7, 11) is 0. The minimum atomic E-state index is -4.72. The van der Waals surface area contributed by atoms with E-state index in [0.717, 1.165) is 30.3 Å². The molecular formula is C18H12F6O5. The normalized spacial score (nSPS) is 11.4. The van der Waals surface area contributed by atoms with Gasteiger partial charge in [-0.3, -0.25) is 4.79 Å². The Morgan fingerprint density at radius 3 is 1.45 bits per heavy atom. The van der Waals surface area contributed by atoms with E-state index in [1.807, 2.05) is 0 Å². The Bertz CT molecular complexity index is 824. The van der Waals surface area contributed by atoms with Crippen molar-refractivity contribution in [2.45, 2.75) is 12.7 Å². The number of carboxylic acids is 1. The number of rotatable bonds is 5. The van der Waals surface area contributed by atoms with E-state index in [1.54, 1.807) is 0 Å². The van der Waals surface area contributed by atoms with Gasteiger partial charge in [-0.05, 0) is 48.0 Å². The maximum atomic E-state index is 11.8. The van der Waals surface area contributed by atoms with Crippen LogP contribution in [-0.2, 0) is 4.79 Å². The number of benzene rings is 2. The van der Waals surface area contributed by atoms with E-state index in [1.165, 1.54) is 30.3 Å². The van der Waals surface area contributed by atoms with Crippen LogP contribution in [0.2, 0.25) is 0 Å². The molecule has 0 spiro atoms. The lowest BCUT2D eigenvalue weighted by atomic mass is 10.2. The molecule has 2 rings (SSSR count). The Kier molecular flexibility index (Phi) is 8.24. The van der Waals surface area contributed by atoms with Gasteiger partial charge < -0.3 is 14.6 Å². The van der Waals surface area contributed by atoms with Crippen molar-refractivity contribution in [2.24, 2.45) is 0 Å². The van der Waals surface area contributed by atoms with Crippen LogP contribution in [0.4, 0.5) is 26.3 Å². The minimum absolute atomic E-state index is 0.300. The highest BCUT2D eigenvalue weighted by Gasteiger charge is 2.31. The van der Waals surface area contributed by atoms with Gasteiger partial charge in [-0.1, -0.05) is 12.1 Å². The molecule has 0 aliphatic rings. The number of carboxylic acid groups (broad SMARTS) is 1. The lowest BCUT2D eigenvalue weighted by molar-refractivity contribution is -0.275. The maximum absolute atomic E-state index is 11.8. The van der Waals surface area contributed by atoms with Gasteiger partial charge in [0.15, 0.2) is 0 Å². The minimum Gasteiger partial charge on any atom is -0.478 e. The van der Waals surface area contributed by atoms with Gasteiger partial charge in [0, 0.05) is 11.6 Å². The van der Waals surface area contributed by atoms with E-state index in [2.05, 4.69) is 9.47 Å². The molecule has 0 unspecified atom stereocenters. The standard InChI is InChI=1S/C10H7F3O3.C8H5F3O2/c11-10(12,13)16-8-4-1-7(2-5-8)3-6-9(14)15;9-8(10,11)13-7-3-1-6(5-12)2-4-7/h1-6H,(H,14,15);1-5H. The molecule has 0 fully saturated rings. The molecule has 29 heavy (non-hydrogen) atoms. The third-order valence-electron chi connectivity index (χ3n) is 2.78. The first-order valence-electron chi connectivity index (χ1n) is 7.46. The molecule has 0 saturated heterocycles. The molecule has 0 atom stereocenters. The van der Waals surface area contributed by atoms with Gasteiger partial charge in [-0.25, -0.2) is 4.79 Å².